The summed E-state index contributed by atoms with van der Waals surface area (Å²) in [5, 5.41) is 0. The van der Waals surface area contributed by atoms with E-state index in [1.54, 1.807) is 17.2 Å². The molecule has 0 saturated carbocycles. The van der Waals surface area contributed by atoms with Gasteiger partial charge in [0.2, 0.25) is 0 Å². The Morgan fingerprint density at radius 2 is 2.12 bits per heavy atom. The lowest BCUT2D eigenvalue weighted by Crippen LogP contribution is -2.26. The summed E-state index contributed by atoms with van der Waals surface area (Å²) in [5.41, 5.74) is 5.98. The van der Waals surface area contributed by atoms with Gasteiger partial charge in [0.05, 0.1) is 0 Å². The van der Waals surface area contributed by atoms with E-state index < -0.39 is 0 Å². The highest BCUT2D eigenvalue weighted by molar-refractivity contribution is 5.68. The molecule has 0 radical (unpaired) electrons. The van der Waals surface area contributed by atoms with Gasteiger partial charge < -0.3 is 0 Å². The zero-order chi connectivity index (χ0) is 12.5. The van der Waals surface area contributed by atoms with Crippen molar-refractivity contribution in [2.24, 2.45) is 5.41 Å². The first-order valence-corrected chi connectivity index (χ1v) is 6.60. The van der Waals surface area contributed by atoms with Gasteiger partial charge in [0.25, 0.3) is 0 Å². The second-order valence-electron chi connectivity index (χ2n) is 5.76. The first kappa shape index (κ1) is 12.3. The standard InChI is InChI=1S/C16H22O/c1-12(7-10-17)14-6-9-16(3)8-4-5-13(2)15(16)11-14/h7,10-11H,4-6,8-9H2,1-3H3/b12-7+. The fraction of sp³-hybridized carbons (Fsp3) is 0.562. The summed E-state index contributed by atoms with van der Waals surface area (Å²) in [6.07, 6.45) is 11.2. The number of hydrogen-bond acceptors (Lipinski definition) is 1. The second-order valence-corrected chi connectivity index (χ2v) is 5.76. The van der Waals surface area contributed by atoms with Crippen LogP contribution in [0.4, 0.5) is 0 Å². The summed E-state index contributed by atoms with van der Waals surface area (Å²) < 4.78 is 0. The van der Waals surface area contributed by atoms with Crippen LogP contribution in [-0.2, 0) is 4.79 Å². The van der Waals surface area contributed by atoms with Crippen LogP contribution in [0, 0.1) is 5.41 Å². The molecule has 0 spiro atoms. The highest BCUT2D eigenvalue weighted by Crippen LogP contribution is 2.49. The Labute approximate surface area is 104 Å². The summed E-state index contributed by atoms with van der Waals surface area (Å²) in [4.78, 5) is 10.6. The maximum Gasteiger partial charge on any atom is 0.143 e. The molecule has 0 bridgehead atoms. The Kier molecular flexibility index (Phi) is 3.37. The van der Waals surface area contributed by atoms with Crippen molar-refractivity contribution in [1.29, 1.82) is 0 Å². The van der Waals surface area contributed by atoms with Gasteiger partial charge in [0.1, 0.15) is 6.29 Å². The molecule has 17 heavy (non-hydrogen) atoms. The Balaban J connectivity index is 2.40. The summed E-state index contributed by atoms with van der Waals surface area (Å²) >= 11 is 0. The van der Waals surface area contributed by atoms with Crippen molar-refractivity contribution in [3.63, 3.8) is 0 Å². The SMILES string of the molecule is CC1=C2C=C(/C(C)=C/C=O)CCC2(C)CCC1. The van der Waals surface area contributed by atoms with E-state index in [1.165, 1.54) is 31.3 Å². The van der Waals surface area contributed by atoms with Crippen molar-refractivity contribution >= 4 is 6.29 Å². The molecule has 0 aromatic heterocycles. The highest BCUT2D eigenvalue weighted by atomic mass is 16.1. The van der Waals surface area contributed by atoms with Crippen LogP contribution in [0.1, 0.15) is 52.9 Å². The largest absolute Gasteiger partial charge is 0.299 e. The molecular formula is C16H22O. The smallest absolute Gasteiger partial charge is 0.143 e. The molecule has 0 amide bonds. The van der Waals surface area contributed by atoms with E-state index in [2.05, 4.69) is 19.9 Å². The van der Waals surface area contributed by atoms with Gasteiger partial charge in [-0.25, -0.2) is 0 Å². The van der Waals surface area contributed by atoms with Crippen LogP contribution < -0.4 is 0 Å². The molecule has 1 nitrogen and oxygen atoms in total. The lowest BCUT2D eigenvalue weighted by atomic mass is 9.65. The summed E-state index contributed by atoms with van der Waals surface area (Å²) in [6, 6.07) is 0. The van der Waals surface area contributed by atoms with Crippen LogP contribution in [0.2, 0.25) is 0 Å². The van der Waals surface area contributed by atoms with Gasteiger partial charge in [0.15, 0.2) is 0 Å². The third-order valence-corrected chi connectivity index (χ3v) is 4.48. The van der Waals surface area contributed by atoms with Crippen molar-refractivity contribution < 1.29 is 4.79 Å². The normalized spacial score (nSPS) is 29.8. The third-order valence-electron chi connectivity index (χ3n) is 4.48. The first-order chi connectivity index (χ1) is 8.07. The van der Waals surface area contributed by atoms with Crippen LogP contribution in [0.5, 0.6) is 0 Å². The van der Waals surface area contributed by atoms with E-state index in [-0.39, 0.29) is 0 Å². The second kappa shape index (κ2) is 4.64. The molecule has 0 aromatic rings. The maximum absolute atomic E-state index is 10.6. The van der Waals surface area contributed by atoms with E-state index in [1.807, 2.05) is 6.92 Å². The Hall–Kier alpha value is -1.11. The summed E-state index contributed by atoms with van der Waals surface area (Å²) in [7, 11) is 0. The van der Waals surface area contributed by atoms with Crippen LogP contribution in [-0.4, -0.2) is 6.29 Å². The molecule has 0 heterocycles. The number of carbonyl (C=O) groups is 1. The fourth-order valence-electron chi connectivity index (χ4n) is 3.26. The van der Waals surface area contributed by atoms with E-state index in [0.717, 1.165) is 18.3 Å². The monoisotopic (exact) mass is 230 g/mol. The summed E-state index contributed by atoms with van der Waals surface area (Å²) in [6.45, 7) is 6.71. The van der Waals surface area contributed by atoms with Gasteiger partial charge >= 0.3 is 0 Å². The molecule has 0 aromatic carbocycles. The van der Waals surface area contributed by atoms with Gasteiger partial charge in [-0.3, -0.25) is 4.79 Å². The van der Waals surface area contributed by atoms with Crippen LogP contribution in [0.3, 0.4) is 0 Å². The Morgan fingerprint density at radius 3 is 2.82 bits per heavy atom. The molecule has 2 aliphatic carbocycles. The third kappa shape index (κ3) is 2.29. The number of fused-ring (bicyclic) bond motifs is 1. The van der Waals surface area contributed by atoms with Crippen LogP contribution in [0.15, 0.2) is 34.4 Å². The van der Waals surface area contributed by atoms with E-state index >= 15 is 0 Å². The number of carbonyl (C=O) groups excluding carboxylic acids is 1. The average Bonchev–Trinajstić information content (AvgIpc) is 2.29. The topological polar surface area (TPSA) is 17.1 Å². The quantitative estimate of drug-likeness (QED) is 0.509. The fourth-order valence-corrected chi connectivity index (χ4v) is 3.26. The predicted octanol–water partition coefficient (Wildman–Crippen LogP) is 4.36. The van der Waals surface area contributed by atoms with E-state index in [0.29, 0.717) is 5.41 Å². The van der Waals surface area contributed by atoms with Crippen LogP contribution in [0.25, 0.3) is 0 Å². The molecular weight excluding hydrogens is 208 g/mol. The minimum absolute atomic E-state index is 0.396. The molecule has 0 aliphatic heterocycles. The van der Waals surface area contributed by atoms with Crippen molar-refractivity contribution in [1.82, 2.24) is 0 Å². The first-order valence-electron chi connectivity index (χ1n) is 6.60. The van der Waals surface area contributed by atoms with Crippen molar-refractivity contribution in [3.05, 3.63) is 34.4 Å². The molecule has 1 heteroatoms. The molecule has 0 fully saturated rings. The summed E-state index contributed by atoms with van der Waals surface area (Å²) in [5.74, 6) is 0. The van der Waals surface area contributed by atoms with Crippen LogP contribution >= 0.6 is 0 Å². The van der Waals surface area contributed by atoms with Crippen molar-refractivity contribution in [3.8, 4) is 0 Å². The van der Waals surface area contributed by atoms with Gasteiger partial charge in [0, 0.05) is 0 Å². The zero-order valence-corrected chi connectivity index (χ0v) is 11.2. The number of aldehydes is 1. The van der Waals surface area contributed by atoms with E-state index in [4.69, 9.17) is 0 Å². The number of hydrogen-bond donors (Lipinski definition) is 0. The molecule has 1 atom stereocenters. The lowest BCUT2D eigenvalue weighted by Gasteiger charge is -2.40. The number of allylic oxidation sites excluding steroid dienone is 6. The minimum atomic E-state index is 0.396. The van der Waals surface area contributed by atoms with Gasteiger partial charge in [-0.15, -0.1) is 0 Å². The lowest BCUT2D eigenvalue weighted by molar-refractivity contribution is -0.104. The zero-order valence-electron chi connectivity index (χ0n) is 11.2. The Bertz CT molecular complexity index is 423. The van der Waals surface area contributed by atoms with Gasteiger partial charge in [-0.2, -0.15) is 0 Å². The number of rotatable bonds is 2. The molecule has 2 aliphatic rings. The minimum Gasteiger partial charge on any atom is -0.299 e. The molecule has 2 rings (SSSR count). The average molecular weight is 230 g/mol. The maximum atomic E-state index is 10.6. The van der Waals surface area contributed by atoms with Gasteiger partial charge in [-0.05, 0) is 74.2 Å². The van der Waals surface area contributed by atoms with Crippen molar-refractivity contribution in [2.45, 2.75) is 52.9 Å². The predicted molar refractivity (Wildman–Crippen MR) is 71.8 cm³/mol. The highest BCUT2D eigenvalue weighted by Gasteiger charge is 2.34. The Morgan fingerprint density at radius 1 is 1.35 bits per heavy atom. The van der Waals surface area contributed by atoms with Gasteiger partial charge in [-0.1, -0.05) is 18.6 Å². The van der Waals surface area contributed by atoms with E-state index in [9.17, 15) is 4.79 Å². The molecule has 0 saturated heterocycles. The van der Waals surface area contributed by atoms with Crippen molar-refractivity contribution in [2.75, 3.05) is 0 Å². The molecule has 92 valence electrons. The molecule has 0 N–H and O–H groups in total. The molecule has 1 unspecified atom stereocenters.